The molecule has 0 aliphatic carbocycles. The summed E-state index contributed by atoms with van der Waals surface area (Å²) in [5, 5.41) is 2.29. The van der Waals surface area contributed by atoms with Crippen LogP contribution in [0.5, 0.6) is 0 Å². The van der Waals surface area contributed by atoms with Crippen molar-refractivity contribution in [3.63, 3.8) is 0 Å². The summed E-state index contributed by atoms with van der Waals surface area (Å²) >= 11 is 0. The molecule has 0 aliphatic rings. The Morgan fingerprint density at radius 1 is 0.812 bits per heavy atom. The van der Waals surface area contributed by atoms with Crippen molar-refractivity contribution in [3.05, 3.63) is 30.3 Å². The SMILES string of the molecule is CC(C)(C)N(Nc1ccccc1)C(C)(C)C. The number of para-hydroxylation sites is 1. The van der Waals surface area contributed by atoms with E-state index in [0.717, 1.165) is 5.69 Å². The number of nitrogens with one attached hydrogen (secondary N) is 1. The molecule has 0 heterocycles. The maximum Gasteiger partial charge on any atom is 0.0490 e. The van der Waals surface area contributed by atoms with E-state index in [9.17, 15) is 0 Å². The Morgan fingerprint density at radius 3 is 1.62 bits per heavy atom. The fraction of sp³-hybridized carbons (Fsp3) is 0.571. The molecule has 0 aromatic heterocycles. The first-order valence-electron chi connectivity index (χ1n) is 5.83. The van der Waals surface area contributed by atoms with Crippen LogP contribution in [0.1, 0.15) is 41.5 Å². The second-order valence-corrected chi connectivity index (χ2v) is 6.15. The van der Waals surface area contributed by atoms with Gasteiger partial charge in [-0.1, -0.05) is 18.2 Å². The van der Waals surface area contributed by atoms with Gasteiger partial charge in [0.05, 0.1) is 0 Å². The van der Waals surface area contributed by atoms with Crippen molar-refractivity contribution in [3.8, 4) is 0 Å². The zero-order valence-corrected chi connectivity index (χ0v) is 11.3. The van der Waals surface area contributed by atoms with Crippen LogP contribution in [0.2, 0.25) is 0 Å². The molecule has 0 saturated heterocycles. The molecular formula is C14H24N2. The minimum absolute atomic E-state index is 0.0775. The van der Waals surface area contributed by atoms with E-state index in [1.54, 1.807) is 0 Å². The van der Waals surface area contributed by atoms with Gasteiger partial charge in [-0.15, -0.1) is 0 Å². The summed E-state index contributed by atoms with van der Waals surface area (Å²) < 4.78 is 0. The van der Waals surface area contributed by atoms with Gasteiger partial charge in [0.25, 0.3) is 0 Å². The molecule has 0 amide bonds. The summed E-state index contributed by atoms with van der Waals surface area (Å²) in [5.41, 5.74) is 4.78. The molecule has 0 aliphatic heterocycles. The average Bonchev–Trinajstić information content (AvgIpc) is 2.12. The van der Waals surface area contributed by atoms with Crippen molar-refractivity contribution in [2.75, 3.05) is 5.43 Å². The number of rotatable bonds is 2. The second-order valence-electron chi connectivity index (χ2n) is 6.15. The number of hydrogen-bond acceptors (Lipinski definition) is 2. The molecule has 0 bridgehead atoms. The molecule has 0 atom stereocenters. The molecule has 16 heavy (non-hydrogen) atoms. The molecule has 1 N–H and O–H groups in total. The molecule has 0 saturated carbocycles. The normalized spacial score (nSPS) is 12.9. The number of hydrogen-bond donors (Lipinski definition) is 1. The molecular weight excluding hydrogens is 196 g/mol. The van der Waals surface area contributed by atoms with E-state index < -0.39 is 0 Å². The van der Waals surface area contributed by atoms with Crippen molar-refractivity contribution in [2.45, 2.75) is 52.6 Å². The quantitative estimate of drug-likeness (QED) is 0.760. The molecule has 0 fully saturated rings. The first-order valence-corrected chi connectivity index (χ1v) is 5.83. The van der Waals surface area contributed by atoms with Crippen LogP contribution in [-0.4, -0.2) is 16.1 Å². The lowest BCUT2D eigenvalue weighted by Gasteiger charge is -2.45. The van der Waals surface area contributed by atoms with E-state index in [0.29, 0.717) is 0 Å². The van der Waals surface area contributed by atoms with Gasteiger partial charge in [-0.25, -0.2) is 5.01 Å². The lowest BCUT2D eigenvalue weighted by molar-refractivity contribution is 0.0682. The van der Waals surface area contributed by atoms with Gasteiger partial charge >= 0.3 is 0 Å². The Hall–Kier alpha value is -1.02. The minimum Gasteiger partial charge on any atom is -0.318 e. The van der Waals surface area contributed by atoms with E-state index in [-0.39, 0.29) is 11.1 Å². The first-order chi connectivity index (χ1) is 7.21. The van der Waals surface area contributed by atoms with Gasteiger partial charge in [-0.2, -0.15) is 0 Å². The van der Waals surface area contributed by atoms with Crippen LogP contribution in [0.25, 0.3) is 0 Å². The largest absolute Gasteiger partial charge is 0.318 e. The Bertz CT molecular complexity index is 303. The molecule has 1 aromatic rings. The molecule has 0 radical (unpaired) electrons. The van der Waals surface area contributed by atoms with Gasteiger partial charge in [0.1, 0.15) is 0 Å². The molecule has 1 rings (SSSR count). The van der Waals surface area contributed by atoms with E-state index in [2.05, 4.69) is 64.1 Å². The van der Waals surface area contributed by atoms with Crippen molar-refractivity contribution >= 4 is 5.69 Å². The summed E-state index contributed by atoms with van der Waals surface area (Å²) in [4.78, 5) is 0. The number of nitrogens with zero attached hydrogens (tertiary/aromatic N) is 1. The minimum atomic E-state index is 0.0775. The molecule has 0 spiro atoms. The lowest BCUT2D eigenvalue weighted by Crippen LogP contribution is -2.55. The summed E-state index contributed by atoms with van der Waals surface area (Å²) in [5.74, 6) is 0. The van der Waals surface area contributed by atoms with Crippen LogP contribution in [0.15, 0.2) is 30.3 Å². The number of anilines is 1. The smallest absolute Gasteiger partial charge is 0.0490 e. The fourth-order valence-corrected chi connectivity index (χ4v) is 1.98. The third-order valence-corrected chi connectivity index (χ3v) is 2.36. The van der Waals surface area contributed by atoms with Crippen LogP contribution in [0.4, 0.5) is 5.69 Å². The van der Waals surface area contributed by atoms with Crippen LogP contribution in [0, 0.1) is 0 Å². The van der Waals surface area contributed by atoms with Crippen molar-refractivity contribution in [2.24, 2.45) is 0 Å². The topological polar surface area (TPSA) is 15.3 Å². The second kappa shape index (κ2) is 4.46. The van der Waals surface area contributed by atoms with Gasteiger partial charge in [0, 0.05) is 16.8 Å². The summed E-state index contributed by atoms with van der Waals surface area (Å²) in [6, 6.07) is 10.3. The van der Waals surface area contributed by atoms with Crippen molar-refractivity contribution in [1.29, 1.82) is 0 Å². The van der Waals surface area contributed by atoms with Crippen LogP contribution >= 0.6 is 0 Å². The maximum absolute atomic E-state index is 3.49. The number of benzene rings is 1. The molecule has 2 heteroatoms. The van der Waals surface area contributed by atoms with E-state index in [1.165, 1.54) is 0 Å². The third kappa shape index (κ3) is 3.53. The number of hydrazine groups is 1. The average molecular weight is 220 g/mol. The van der Waals surface area contributed by atoms with Gasteiger partial charge in [0.2, 0.25) is 0 Å². The highest BCUT2D eigenvalue weighted by atomic mass is 15.6. The highest BCUT2D eigenvalue weighted by Crippen LogP contribution is 2.25. The van der Waals surface area contributed by atoms with Crippen molar-refractivity contribution < 1.29 is 0 Å². The van der Waals surface area contributed by atoms with Gasteiger partial charge in [-0.05, 0) is 53.7 Å². The Balaban J connectivity index is 2.89. The van der Waals surface area contributed by atoms with Gasteiger partial charge in [-0.3, -0.25) is 0 Å². The van der Waals surface area contributed by atoms with Crippen molar-refractivity contribution in [1.82, 2.24) is 5.01 Å². The Labute approximate surface area is 99.6 Å². The maximum atomic E-state index is 3.49. The summed E-state index contributed by atoms with van der Waals surface area (Å²) in [7, 11) is 0. The predicted octanol–water partition coefficient (Wildman–Crippen LogP) is 3.91. The zero-order chi connectivity index (χ0) is 12.4. The fourth-order valence-electron chi connectivity index (χ4n) is 1.98. The molecule has 0 unspecified atom stereocenters. The van der Waals surface area contributed by atoms with E-state index in [4.69, 9.17) is 0 Å². The molecule has 2 nitrogen and oxygen atoms in total. The summed E-state index contributed by atoms with van der Waals surface area (Å²) in [6.07, 6.45) is 0. The Morgan fingerprint density at radius 2 is 1.25 bits per heavy atom. The zero-order valence-electron chi connectivity index (χ0n) is 11.3. The first kappa shape index (κ1) is 13.0. The lowest BCUT2D eigenvalue weighted by atomic mass is 9.99. The predicted molar refractivity (Wildman–Crippen MR) is 71.4 cm³/mol. The molecule has 90 valence electrons. The summed E-state index contributed by atoms with van der Waals surface area (Å²) in [6.45, 7) is 13.3. The monoisotopic (exact) mass is 220 g/mol. The van der Waals surface area contributed by atoms with E-state index >= 15 is 0 Å². The van der Waals surface area contributed by atoms with Crippen LogP contribution < -0.4 is 5.43 Å². The standard InChI is InChI=1S/C14H24N2/c1-13(2,3)16(14(4,5)6)15-12-10-8-7-9-11-12/h7-11,15H,1-6H3. The molecule has 1 aromatic carbocycles. The van der Waals surface area contributed by atoms with Crippen LogP contribution in [0.3, 0.4) is 0 Å². The third-order valence-electron chi connectivity index (χ3n) is 2.36. The van der Waals surface area contributed by atoms with Crippen LogP contribution in [-0.2, 0) is 0 Å². The highest BCUT2D eigenvalue weighted by molar-refractivity contribution is 5.42. The Kier molecular flexibility index (Phi) is 3.64. The van der Waals surface area contributed by atoms with Gasteiger partial charge < -0.3 is 5.43 Å². The van der Waals surface area contributed by atoms with Gasteiger partial charge in [0.15, 0.2) is 0 Å². The highest BCUT2D eigenvalue weighted by Gasteiger charge is 2.31. The van der Waals surface area contributed by atoms with E-state index in [1.807, 2.05) is 18.2 Å².